The first-order valence-corrected chi connectivity index (χ1v) is 6.75. The smallest absolute Gasteiger partial charge is 0.324 e. The molecule has 108 valence electrons. The van der Waals surface area contributed by atoms with Crippen molar-refractivity contribution >= 4 is 11.7 Å². The average Bonchev–Trinajstić information content (AvgIpc) is 2.46. The molecule has 1 fully saturated rings. The monoisotopic (exact) mass is 280 g/mol. The molecule has 6 heteroatoms. The van der Waals surface area contributed by atoms with Crippen LogP contribution in [0, 0.1) is 5.82 Å². The number of carbonyl (C=O) groups excluding carboxylic acids is 1. The lowest BCUT2D eigenvalue weighted by atomic mass is 10.2. The quantitative estimate of drug-likeness (QED) is 0.728. The van der Waals surface area contributed by atoms with Crippen LogP contribution in [0.3, 0.4) is 0 Å². The first-order valence-electron chi connectivity index (χ1n) is 6.75. The molecule has 0 spiro atoms. The predicted octanol–water partition coefficient (Wildman–Crippen LogP) is 1.87. The van der Waals surface area contributed by atoms with Gasteiger partial charge in [-0.1, -0.05) is 0 Å². The number of nitrogens with zero attached hydrogens (tertiary/aromatic N) is 2. The molecule has 1 aromatic carbocycles. The standard InChI is InChI=1S/C14H17FN2O3/c1-10-9-17(14(18)16-4-6-19-7-5-16)12-3-2-11(15)8-13(12)20-10/h2-3,8,10H,4-7,9H2,1H3/t10-/m0/s1. The van der Waals surface area contributed by atoms with Crippen LogP contribution in [0.15, 0.2) is 18.2 Å². The summed E-state index contributed by atoms with van der Waals surface area (Å²) in [5, 5.41) is 0. The highest BCUT2D eigenvalue weighted by Gasteiger charge is 2.31. The first kappa shape index (κ1) is 13.2. The fourth-order valence-electron chi connectivity index (χ4n) is 2.52. The second-order valence-electron chi connectivity index (χ2n) is 5.03. The number of fused-ring (bicyclic) bond motifs is 1. The number of ether oxygens (including phenoxy) is 2. The molecule has 2 amide bonds. The van der Waals surface area contributed by atoms with Gasteiger partial charge in [0.25, 0.3) is 0 Å². The minimum Gasteiger partial charge on any atom is -0.487 e. The molecule has 0 saturated carbocycles. The van der Waals surface area contributed by atoms with E-state index in [2.05, 4.69) is 0 Å². The molecule has 1 aromatic rings. The number of morpholine rings is 1. The summed E-state index contributed by atoms with van der Waals surface area (Å²) in [6.45, 7) is 4.62. The minimum atomic E-state index is -0.364. The van der Waals surface area contributed by atoms with Crippen LogP contribution < -0.4 is 9.64 Å². The van der Waals surface area contributed by atoms with Gasteiger partial charge in [-0.25, -0.2) is 9.18 Å². The van der Waals surface area contributed by atoms with Crippen LogP contribution in [0.2, 0.25) is 0 Å². The molecule has 2 aliphatic heterocycles. The minimum absolute atomic E-state index is 0.0729. The van der Waals surface area contributed by atoms with E-state index in [1.807, 2.05) is 6.92 Å². The van der Waals surface area contributed by atoms with Gasteiger partial charge in [0.05, 0.1) is 25.4 Å². The van der Waals surface area contributed by atoms with Crippen molar-refractivity contribution in [1.82, 2.24) is 4.90 Å². The van der Waals surface area contributed by atoms with Gasteiger partial charge in [-0.3, -0.25) is 4.90 Å². The lowest BCUT2D eigenvalue weighted by Gasteiger charge is -2.37. The molecule has 0 aliphatic carbocycles. The van der Waals surface area contributed by atoms with Crippen molar-refractivity contribution in [2.75, 3.05) is 37.7 Å². The molecule has 1 atom stereocenters. The van der Waals surface area contributed by atoms with E-state index >= 15 is 0 Å². The second kappa shape index (κ2) is 5.28. The molecule has 2 aliphatic rings. The molecule has 20 heavy (non-hydrogen) atoms. The van der Waals surface area contributed by atoms with Crippen molar-refractivity contribution in [3.8, 4) is 5.75 Å². The van der Waals surface area contributed by atoms with Crippen molar-refractivity contribution in [2.24, 2.45) is 0 Å². The van der Waals surface area contributed by atoms with Crippen LogP contribution in [0.5, 0.6) is 5.75 Å². The molecular weight excluding hydrogens is 263 g/mol. The third-order valence-electron chi connectivity index (χ3n) is 3.49. The number of benzene rings is 1. The van der Waals surface area contributed by atoms with Crippen molar-refractivity contribution in [3.05, 3.63) is 24.0 Å². The van der Waals surface area contributed by atoms with Crippen LogP contribution in [0.1, 0.15) is 6.92 Å². The molecule has 2 heterocycles. The van der Waals surface area contributed by atoms with Gasteiger partial charge < -0.3 is 14.4 Å². The Hall–Kier alpha value is -1.82. The summed E-state index contributed by atoms with van der Waals surface area (Å²) < 4.78 is 24.2. The Labute approximate surface area is 116 Å². The highest BCUT2D eigenvalue weighted by molar-refractivity contribution is 5.94. The topological polar surface area (TPSA) is 42.0 Å². The van der Waals surface area contributed by atoms with E-state index in [1.165, 1.54) is 12.1 Å². The normalized spacial score (nSPS) is 22.2. The average molecular weight is 280 g/mol. The summed E-state index contributed by atoms with van der Waals surface area (Å²) >= 11 is 0. The molecule has 0 radical (unpaired) electrons. The first-order chi connectivity index (χ1) is 9.65. The number of hydrogen-bond acceptors (Lipinski definition) is 3. The van der Waals surface area contributed by atoms with Crippen LogP contribution in [0.4, 0.5) is 14.9 Å². The Morgan fingerprint density at radius 3 is 2.85 bits per heavy atom. The number of rotatable bonds is 0. The maximum absolute atomic E-state index is 13.3. The van der Waals surface area contributed by atoms with Crippen molar-refractivity contribution in [3.63, 3.8) is 0 Å². The highest BCUT2D eigenvalue weighted by atomic mass is 19.1. The van der Waals surface area contributed by atoms with E-state index in [1.54, 1.807) is 15.9 Å². The summed E-state index contributed by atoms with van der Waals surface area (Å²) in [6, 6.07) is 4.19. The van der Waals surface area contributed by atoms with Gasteiger partial charge in [-0.15, -0.1) is 0 Å². The number of halogens is 1. The van der Waals surface area contributed by atoms with E-state index in [9.17, 15) is 9.18 Å². The molecule has 3 rings (SSSR count). The zero-order valence-corrected chi connectivity index (χ0v) is 11.3. The van der Waals surface area contributed by atoms with E-state index in [-0.39, 0.29) is 18.0 Å². The summed E-state index contributed by atoms with van der Waals surface area (Å²) in [5.74, 6) is 0.0574. The number of carbonyl (C=O) groups is 1. The third kappa shape index (κ3) is 2.43. The summed E-state index contributed by atoms with van der Waals surface area (Å²) in [4.78, 5) is 16.0. The zero-order valence-electron chi connectivity index (χ0n) is 11.3. The maximum atomic E-state index is 13.3. The van der Waals surface area contributed by atoms with Crippen molar-refractivity contribution in [2.45, 2.75) is 13.0 Å². The Morgan fingerprint density at radius 2 is 2.10 bits per heavy atom. The summed E-state index contributed by atoms with van der Waals surface area (Å²) in [5.41, 5.74) is 0.626. The van der Waals surface area contributed by atoms with Gasteiger partial charge in [-0.05, 0) is 19.1 Å². The van der Waals surface area contributed by atoms with Crippen LogP contribution >= 0.6 is 0 Å². The molecule has 0 aromatic heterocycles. The van der Waals surface area contributed by atoms with Gasteiger partial charge in [0.1, 0.15) is 17.7 Å². The fraction of sp³-hybridized carbons (Fsp3) is 0.500. The van der Waals surface area contributed by atoms with Gasteiger partial charge >= 0.3 is 6.03 Å². The highest BCUT2D eigenvalue weighted by Crippen LogP contribution is 2.34. The Balaban J connectivity index is 1.88. The number of hydrogen-bond donors (Lipinski definition) is 0. The number of anilines is 1. The van der Waals surface area contributed by atoms with Crippen LogP contribution in [-0.2, 0) is 4.74 Å². The van der Waals surface area contributed by atoms with Gasteiger partial charge in [-0.2, -0.15) is 0 Å². The lowest BCUT2D eigenvalue weighted by Crippen LogP contribution is -2.52. The predicted molar refractivity (Wildman–Crippen MR) is 71.6 cm³/mol. The third-order valence-corrected chi connectivity index (χ3v) is 3.49. The maximum Gasteiger partial charge on any atom is 0.324 e. The van der Waals surface area contributed by atoms with Crippen molar-refractivity contribution in [1.29, 1.82) is 0 Å². The largest absolute Gasteiger partial charge is 0.487 e. The zero-order chi connectivity index (χ0) is 14.1. The molecule has 0 unspecified atom stereocenters. The van der Waals surface area contributed by atoms with Gasteiger partial charge in [0.2, 0.25) is 0 Å². The van der Waals surface area contributed by atoms with E-state index in [4.69, 9.17) is 9.47 Å². The van der Waals surface area contributed by atoms with E-state index in [0.29, 0.717) is 44.3 Å². The summed E-state index contributed by atoms with van der Waals surface area (Å²) in [7, 11) is 0. The number of amides is 2. The molecule has 0 bridgehead atoms. The van der Waals surface area contributed by atoms with Crippen molar-refractivity contribution < 1.29 is 18.7 Å². The van der Waals surface area contributed by atoms with Crippen LogP contribution in [0.25, 0.3) is 0 Å². The van der Waals surface area contributed by atoms with E-state index in [0.717, 1.165) is 0 Å². The molecule has 5 nitrogen and oxygen atoms in total. The van der Waals surface area contributed by atoms with Crippen LogP contribution in [-0.4, -0.2) is 49.9 Å². The second-order valence-corrected chi connectivity index (χ2v) is 5.03. The van der Waals surface area contributed by atoms with Gasteiger partial charge in [0.15, 0.2) is 0 Å². The Morgan fingerprint density at radius 1 is 1.35 bits per heavy atom. The number of urea groups is 1. The Kier molecular flexibility index (Phi) is 3.48. The van der Waals surface area contributed by atoms with Gasteiger partial charge in [0, 0.05) is 19.2 Å². The molecular formula is C14H17FN2O3. The summed E-state index contributed by atoms with van der Waals surface area (Å²) in [6.07, 6.45) is -0.158. The Bertz CT molecular complexity index is 517. The molecule has 0 N–H and O–H groups in total. The van der Waals surface area contributed by atoms with E-state index < -0.39 is 0 Å². The molecule has 1 saturated heterocycles. The fourth-order valence-corrected chi connectivity index (χ4v) is 2.52. The SMILES string of the molecule is C[C@H]1CN(C(=O)N2CCOCC2)c2ccc(F)cc2O1. The lowest BCUT2D eigenvalue weighted by molar-refractivity contribution is 0.0540.